The fourth-order valence-corrected chi connectivity index (χ4v) is 5.61. The zero-order valence-corrected chi connectivity index (χ0v) is 49.7. The van der Waals surface area contributed by atoms with E-state index in [0.717, 1.165) is 57.8 Å². The minimum atomic E-state index is -0.920. The van der Waals surface area contributed by atoms with E-state index in [0.29, 0.717) is 0 Å². The van der Waals surface area contributed by atoms with Crippen molar-refractivity contribution in [1.29, 1.82) is 0 Å². The average Bonchev–Trinajstić information content (AvgIpc) is 3.10. The number of carboxylic acid groups (broad SMARTS) is 4. The molecule has 0 unspecified atom stereocenters. The second-order valence-corrected chi connectivity index (χ2v) is 14.4. The molecule has 0 spiro atoms. The summed E-state index contributed by atoms with van der Waals surface area (Å²) in [5, 5.41) is 40.2. The maximum atomic E-state index is 10.1. The Kier molecular flexibility index (Phi) is 107. The zero-order valence-electron chi connectivity index (χ0n) is 39.7. The number of hydrogen-bond donors (Lipinski definition) is 0. The molecule has 0 rings (SSSR count). The summed E-state index contributed by atoms with van der Waals surface area (Å²) in [6.45, 7) is 8.79. The first-order valence-corrected chi connectivity index (χ1v) is 21.9. The first-order chi connectivity index (χ1) is 25.1. The number of aliphatic carboxylic acids is 4. The quantitative estimate of drug-likeness (QED) is 0.0446. The van der Waals surface area contributed by atoms with Crippen LogP contribution < -0.4 is 168 Å². The van der Waals surface area contributed by atoms with Gasteiger partial charge in [-0.15, -0.1) is 0 Å². The molecule has 312 valence electrons. The van der Waals surface area contributed by atoms with Gasteiger partial charge in [0, 0.05) is 23.9 Å². The Morgan fingerprint density at radius 3 is 0.439 bits per heavy atom. The maximum absolute atomic E-state index is 10.1. The Labute approximate surface area is 463 Å². The molecule has 0 atom stereocenters. The number of carbonyl (C=O) groups is 4. The van der Waals surface area contributed by atoms with E-state index in [1.165, 1.54) is 148 Å². The van der Waals surface area contributed by atoms with E-state index in [2.05, 4.69) is 27.7 Å². The summed E-state index contributed by atoms with van der Waals surface area (Å²) in [5.74, 6) is -3.65. The van der Waals surface area contributed by atoms with Crippen LogP contribution in [-0.4, -0.2) is 23.9 Å². The minimum absolute atomic E-state index is 0. The monoisotopic (exact) mass is 856 g/mol. The third-order valence-electron chi connectivity index (χ3n) is 8.94. The van der Waals surface area contributed by atoms with Crippen molar-refractivity contribution in [3.63, 3.8) is 0 Å². The van der Waals surface area contributed by atoms with Crippen LogP contribution in [0.3, 0.4) is 0 Å². The van der Waals surface area contributed by atoms with E-state index in [1.54, 1.807) is 0 Å². The van der Waals surface area contributed by atoms with Crippen molar-refractivity contribution in [2.45, 2.75) is 259 Å². The summed E-state index contributed by atoms with van der Waals surface area (Å²) in [7, 11) is 0. The van der Waals surface area contributed by atoms with E-state index in [4.69, 9.17) is 0 Å². The molecule has 0 saturated heterocycles. The summed E-state index contributed by atoms with van der Waals surface area (Å²) in [4.78, 5) is 40.2. The molecule has 0 amide bonds. The molecule has 0 aromatic heterocycles. The summed E-state index contributed by atoms with van der Waals surface area (Å²) >= 11 is 0. The molecule has 13 heteroatoms. The molecule has 0 fully saturated rings. The maximum Gasteiger partial charge on any atom is 1.00 e. The molecule has 0 aromatic rings. The second-order valence-electron chi connectivity index (χ2n) is 14.4. The average molecular weight is 856 g/mol. The van der Waals surface area contributed by atoms with Gasteiger partial charge in [-0.05, 0) is 51.4 Å². The smallest absolute Gasteiger partial charge is 0.550 e. The molecule has 0 saturated carbocycles. The first-order valence-electron chi connectivity index (χ1n) is 21.9. The van der Waals surface area contributed by atoms with Gasteiger partial charge in [-0.1, -0.05) is 207 Å². The molecule has 0 N–H and O–H groups in total. The Balaban J connectivity index is -0.0000000757. The van der Waals surface area contributed by atoms with Crippen LogP contribution in [0.1, 0.15) is 259 Å². The van der Waals surface area contributed by atoms with Gasteiger partial charge in [0.05, 0.1) is 0 Å². The predicted molar refractivity (Wildman–Crippen MR) is 209 cm³/mol. The van der Waals surface area contributed by atoms with Crippen molar-refractivity contribution >= 4 is 23.9 Å². The number of carbonyl (C=O) groups excluding carboxylic acids is 4. The van der Waals surface area contributed by atoms with Gasteiger partial charge in [-0.25, -0.2) is 0 Å². The van der Waals surface area contributed by atoms with Crippen molar-refractivity contribution in [2.24, 2.45) is 0 Å². The molecule has 0 bridgehead atoms. The standard InChI is InChI=1S/C14H28O2.C12H24O2.C10H20O2.C8H16O2.5Na/c1-2-3-4-5-6-7-8-9-10-11-12-13-14(15)16;1-2-3-4-5-6-7-8-9-10-11-12(13)14;1-2-3-4-5-6-7-8-9-10(11)12;1-2-3-4-5-6-7-8(9)10;;;;;/h2-13H2,1H3,(H,15,16);2-11H2,1H3,(H,13,14);2-9H2,1H3,(H,11,12);2-7H2,1H3,(H,9,10);;;;;/q;;;;5*+1/p-4. The minimum Gasteiger partial charge on any atom is -0.550 e. The van der Waals surface area contributed by atoms with Crippen LogP contribution >= 0.6 is 0 Å². The third-order valence-corrected chi connectivity index (χ3v) is 8.94. The molecule has 8 nitrogen and oxygen atoms in total. The molecule has 0 heterocycles. The fraction of sp³-hybridized carbons (Fsp3) is 0.909. The molecule has 0 aromatic carbocycles. The van der Waals surface area contributed by atoms with Gasteiger partial charge >= 0.3 is 148 Å². The van der Waals surface area contributed by atoms with Gasteiger partial charge < -0.3 is 39.6 Å². The van der Waals surface area contributed by atoms with Crippen LogP contribution in [0.4, 0.5) is 0 Å². The number of rotatable bonds is 36. The van der Waals surface area contributed by atoms with Gasteiger partial charge in [0.2, 0.25) is 0 Å². The predicted octanol–water partition coefficient (Wildman–Crippen LogP) is -5.91. The van der Waals surface area contributed by atoms with Crippen LogP contribution in [0.25, 0.3) is 0 Å². The van der Waals surface area contributed by atoms with Crippen molar-refractivity contribution in [2.75, 3.05) is 0 Å². The van der Waals surface area contributed by atoms with Crippen molar-refractivity contribution in [3.05, 3.63) is 0 Å². The fourth-order valence-electron chi connectivity index (χ4n) is 5.61. The van der Waals surface area contributed by atoms with Gasteiger partial charge in [-0.2, -0.15) is 0 Å². The van der Waals surface area contributed by atoms with Crippen LogP contribution in [0.15, 0.2) is 0 Å². The van der Waals surface area contributed by atoms with Crippen molar-refractivity contribution < 1.29 is 187 Å². The van der Waals surface area contributed by atoms with Crippen LogP contribution in [0.2, 0.25) is 0 Å². The van der Waals surface area contributed by atoms with E-state index in [-0.39, 0.29) is 173 Å². The van der Waals surface area contributed by atoms with Gasteiger partial charge in [0.25, 0.3) is 0 Å². The molecular weight excluding hydrogens is 771 g/mol. The van der Waals surface area contributed by atoms with Crippen molar-refractivity contribution in [1.82, 2.24) is 0 Å². The molecule has 57 heavy (non-hydrogen) atoms. The largest absolute Gasteiger partial charge is 1.00 e. The topological polar surface area (TPSA) is 161 Å². The molecule has 0 radical (unpaired) electrons. The Bertz CT molecular complexity index is 749. The molecule has 0 aliphatic heterocycles. The van der Waals surface area contributed by atoms with Crippen molar-refractivity contribution in [3.8, 4) is 0 Å². The summed E-state index contributed by atoms with van der Waals surface area (Å²) in [6, 6.07) is 0. The number of hydrogen-bond acceptors (Lipinski definition) is 8. The molecular formula is C44H84Na5O8+. The van der Waals surface area contributed by atoms with Gasteiger partial charge in [0.1, 0.15) is 0 Å². The first kappa shape index (κ1) is 80.2. The van der Waals surface area contributed by atoms with E-state index in [1.807, 2.05) is 0 Å². The van der Waals surface area contributed by atoms with Crippen LogP contribution in [0.5, 0.6) is 0 Å². The molecule has 0 aliphatic rings. The second kappa shape index (κ2) is 76.2. The Morgan fingerprint density at radius 1 is 0.228 bits per heavy atom. The number of unbranched alkanes of at least 4 members (excludes halogenated alkanes) is 28. The van der Waals surface area contributed by atoms with E-state index >= 15 is 0 Å². The van der Waals surface area contributed by atoms with Crippen LogP contribution in [-0.2, 0) is 19.2 Å². The Hall–Kier alpha value is 2.88. The van der Waals surface area contributed by atoms with Crippen LogP contribution in [0, 0.1) is 0 Å². The van der Waals surface area contributed by atoms with Gasteiger partial charge in [0.15, 0.2) is 0 Å². The summed E-state index contributed by atoms with van der Waals surface area (Å²) in [6.07, 6.45) is 39.1. The summed E-state index contributed by atoms with van der Waals surface area (Å²) in [5.41, 5.74) is 0. The molecule has 0 aliphatic carbocycles. The SMILES string of the molecule is CCCCCCCC(=O)[O-].CCCCCCCCCC(=O)[O-].CCCCCCCCCCCC(=O)[O-].CCCCCCCCCCCCCC(=O)[O-].[Na+].[Na+].[Na+].[Na+].[Na+]. The van der Waals surface area contributed by atoms with E-state index < -0.39 is 23.9 Å². The van der Waals surface area contributed by atoms with E-state index in [9.17, 15) is 39.6 Å². The normalized spacial score (nSPS) is 9.33. The third kappa shape index (κ3) is 104. The Morgan fingerprint density at radius 2 is 0.333 bits per heavy atom. The zero-order chi connectivity index (χ0) is 39.8. The van der Waals surface area contributed by atoms with Gasteiger partial charge in [-0.3, -0.25) is 0 Å². The number of carboxylic acids is 4. The summed E-state index contributed by atoms with van der Waals surface area (Å²) < 4.78 is 0.